The Labute approximate surface area is 399 Å². The molecular formula is C66H42N2O. The fourth-order valence-corrected chi connectivity index (χ4v) is 10.8. The first-order valence-electron chi connectivity index (χ1n) is 23.6. The summed E-state index contributed by atoms with van der Waals surface area (Å²) in [5.74, 6) is 0. The first-order chi connectivity index (χ1) is 34.2. The van der Waals surface area contributed by atoms with Crippen LogP contribution in [-0.4, -0.2) is 4.57 Å². The molecule has 69 heavy (non-hydrogen) atoms. The smallest absolute Gasteiger partial charge is 0.143 e. The van der Waals surface area contributed by atoms with Crippen LogP contribution in [0.15, 0.2) is 259 Å². The van der Waals surface area contributed by atoms with Crippen LogP contribution in [0.2, 0.25) is 0 Å². The molecule has 14 rings (SSSR count). The fourth-order valence-electron chi connectivity index (χ4n) is 10.8. The Kier molecular flexibility index (Phi) is 8.90. The van der Waals surface area contributed by atoms with Gasteiger partial charge in [0.05, 0.1) is 16.7 Å². The Bertz CT molecular complexity index is 4260. The van der Waals surface area contributed by atoms with Crippen LogP contribution in [0.5, 0.6) is 0 Å². The van der Waals surface area contributed by atoms with Gasteiger partial charge in [0.25, 0.3) is 0 Å². The molecule has 0 radical (unpaired) electrons. The fraction of sp³-hybridized carbons (Fsp3) is 0. The molecule has 3 heteroatoms. The average molecular weight is 879 g/mol. The molecule has 0 amide bonds. The van der Waals surface area contributed by atoms with E-state index in [1.54, 1.807) is 0 Å². The highest BCUT2D eigenvalue weighted by molar-refractivity contribution is 6.15. The van der Waals surface area contributed by atoms with Gasteiger partial charge in [-0.25, -0.2) is 0 Å². The second kappa shape index (κ2) is 15.7. The number of fused-ring (bicyclic) bond motifs is 11. The summed E-state index contributed by atoms with van der Waals surface area (Å²) in [5, 5.41) is 12.1. The minimum Gasteiger partial charge on any atom is -0.455 e. The number of anilines is 3. The largest absolute Gasteiger partial charge is 0.455 e. The van der Waals surface area contributed by atoms with E-state index in [1.807, 2.05) is 0 Å². The maximum absolute atomic E-state index is 6.59. The summed E-state index contributed by atoms with van der Waals surface area (Å²) < 4.78 is 9.01. The second-order valence-electron chi connectivity index (χ2n) is 18.1. The van der Waals surface area contributed by atoms with Gasteiger partial charge < -0.3 is 13.9 Å². The Morgan fingerprint density at radius 2 is 0.812 bits per heavy atom. The molecule has 0 saturated carbocycles. The van der Waals surface area contributed by atoms with E-state index in [0.29, 0.717) is 0 Å². The van der Waals surface area contributed by atoms with Gasteiger partial charge in [0.2, 0.25) is 0 Å². The van der Waals surface area contributed by atoms with Gasteiger partial charge in [0, 0.05) is 49.6 Å². The monoisotopic (exact) mass is 878 g/mol. The SMILES string of the molecule is c1cc(-c2ccc3c(ccc4ccccc43)c2)cc(N(c2ccc(-c3ccc4c(c3)oc3c5ccccc5ccc43)cc2)c2ccc(-c3ccccc3-n3c4ccccc4c4ccccc43)cc2)c1. The van der Waals surface area contributed by atoms with Crippen LogP contribution in [0.1, 0.15) is 0 Å². The van der Waals surface area contributed by atoms with Crippen LogP contribution < -0.4 is 4.90 Å². The van der Waals surface area contributed by atoms with Gasteiger partial charge >= 0.3 is 0 Å². The molecule has 0 bridgehead atoms. The number of para-hydroxylation sites is 3. The molecule has 2 heterocycles. The molecule has 2 aromatic heterocycles. The van der Waals surface area contributed by atoms with E-state index in [1.165, 1.54) is 59.9 Å². The van der Waals surface area contributed by atoms with Crippen LogP contribution in [-0.2, 0) is 0 Å². The normalized spacial score (nSPS) is 11.8. The Morgan fingerprint density at radius 3 is 1.57 bits per heavy atom. The molecular weight excluding hydrogens is 837 g/mol. The van der Waals surface area contributed by atoms with Crippen molar-refractivity contribution < 1.29 is 4.42 Å². The maximum Gasteiger partial charge on any atom is 0.143 e. The van der Waals surface area contributed by atoms with Crippen molar-refractivity contribution in [2.45, 2.75) is 0 Å². The van der Waals surface area contributed by atoms with E-state index in [9.17, 15) is 0 Å². The third kappa shape index (κ3) is 6.43. The van der Waals surface area contributed by atoms with E-state index in [4.69, 9.17) is 4.42 Å². The van der Waals surface area contributed by atoms with Crippen LogP contribution >= 0.6 is 0 Å². The highest BCUT2D eigenvalue weighted by Crippen LogP contribution is 2.42. The molecule has 12 aromatic carbocycles. The Morgan fingerprint density at radius 1 is 0.290 bits per heavy atom. The molecule has 0 N–H and O–H groups in total. The van der Waals surface area contributed by atoms with Crippen LogP contribution in [0.3, 0.4) is 0 Å². The molecule has 14 aromatic rings. The van der Waals surface area contributed by atoms with Gasteiger partial charge in [-0.05, 0) is 134 Å². The number of rotatable bonds is 7. The summed E-state index contributed by atoms with van der Waals surface area (Å²) in [5.41, 5.74) is 15.5. The van der Waals surface area contributed by atoms with Gasteiger partial charge in [-0.15, -0.1) is 0 Å². The number of hydrogen-bond acceptors (Lipinski definition) is 2. The van der Waals surface area contributed by atoms with Gasteiger partial charge in [-0.2, -0.15) is 0 Å². The van der Waals surface area contributed by atoms with E-state index in [2.05, 4.69) is 264 Å². The van der Waals surface area contributed by atoms with E-state index in [-0.39, 0.29) is 0 Å². The summed E-state index contributed by atoms with van der Waals surface area (Å²) in [7, 11) is 0. The van der Waals surface area contributed by atoms with Crippen molar-refractivity contribution >= 4 is 93.1 Å². The van der Waals surface area contributed by atoms with E-state index < -0.39 is 0 Å². The first kappa shape index (κ1) is 39.0. The topological polar surface area (TPSA) is 21.3 Å². The predicted octanol–water partition coefficient (Wildman–Crippen LogP) is 18.6. The highest BCUT2D eigenvalue weighted by Gasteiger charge is 2.19. The minimum absolute atomic E-state index is 0.892. The molecule has 3 nitrogen and oxygen atoms in total. The zero-order valence-electron chi connectivity index (χ0n) is 37.6. The molecule has 0 unspecified atom stereocenters. The summed E-state index contributed by atoms with van der Waals surface area (Å²) in [6.45, 7) is 0. The van der Waals surface area contributed by atoms with E-state index in [0.717, 1.165) is 72.3 Å². The molecule has 0 aliphatic carbocycles. The van der Waals surface area contributed by atoms with E-state index >= 15 is 0 Å². The highest BCUT2D eigenvalue weighted by atomic mass is 16.3. The molecule has 0 saturated heterocycles. The van der Waals surface area contributed by atoms with Crippen molar-refractivity contribution in [1.82, 2.24) is 4.57 Å². The Balaban J connectivity index is 0.869. The number of benzene rings is 12. The molecule has 0 aliphatic heterocycles. The van der Waals surface area contributed by atoms with Crippen molar-refractivity contribution in [3.05, 3.63) is 255 Å². The zero-order valence-corrected chi connectivity index (χ0v) is 37.6. The molecule has 0 atom stereocenters. The second-order valence-corrected chi connectivity index (χ2v) is 18.1. The van der Waals surface area contributed by atoms with Gasteiger partial charge in [0.1, 0.15) is 11.2 Å². The maximum atomic E-state index is 6.59. The lowest BCUT2D eigenvalue weighted by Crippen LogP contribution is -2.10. The van der Waals surface area contributed by atoms with Gasteiger partial charge in [0.15, 0.2) is 0 Å². The predicted molar refractivity (Wildman–Crippen MR) is 292 cm³/mol. The molecule has 0 spiro atoms. The minimum atomic E-state index is 0.892. The molecule has 0 fully saturated rings. The standard InChI is InChI=1S/C66H42N2O/c1-3-16-54-44(12-1)24-25-50-40-48(31-37-55(50)54)47-14-11-15-53(41-47)67(51-33-26-43(27-34-51)49-32-38-60-61-39-30-45-13-2-4-18-57(45)66(61)69-65(60)42-49)52-35-28-46(29-36-52)56-17-5-8-21-62(56)68-63-22-9-6-19-58(63)59-20-7-10-23-64(59)68/h1-42H. The van der Waals surface area contributed by atoms with Gasteiger partial charge in [-0.1, -0.05) is 176 Å². The third-order valence-corrected chi connectivity index (χ3v) is 14.2. The first-order valence-corrected chi connectivity index (χ1v) is 23.6. The molecule has 322 valence electrons. The van der Waals surface area contributed by atoms with Crippen molar-refractivity contribution in [3.63, 3.8) is 0 Å². The Hall–Kier alpha value is -9.18. The average Bonchev–Trinajstić information content (AvgIpc) is 3.97. The van der Waals surface area contributed by atoms with Crippen molar-refractivity contribution in [2.24, 2.45) is 0 Å². The quantitative estimate of drug-likeness (QED) is 0.149. The van der Waals surface area contributed by atoms with Gasteiger partial charge in [-0.3, -0.25) is 0 Å². The van der Waals surface area contributed by atoms with Crippen molar-refractivity contribution in [2.75, 3.05) is 4.90 Å². The summed E-state index contributed by atoms with van der Waals surface area (Å²) in [4.78, 5) is 2.37. The third-order valence-electron chi connectivity index (χ3n) is 14.2. The lowest BCUT2D eigenvalue weighted by Gasteiger charge is -2.26. The van der Waals surface area contributed by atoms with Crippen molar-refractivity contribution in [1.29, 1.82) is 0 Å². The number of nitrogens with zero attached hydrogens (tertiary/aromatic N) is 2. The summed E-state index contributed by atoms with van der Waals surface area (Å²) in [6, 6.07) is 92.5. The molecule has 0 aliphatic rings. The zero-order chi connectivity index (χ0) is 45.4. The van der Waals surface area contributed by atoms with Crippen LogP contribution in [0, 0.1) is 0 Å². The van der Waals surface area contributed by atoms with Crippen LogP contribution in [0.25, 0.3) is 115 Å². The lowest BCUT2D eigenvalue weighted by molar-refractivity contribution is 0.673. The summed E-state index contributed by atoms with van der Waals surface area (Å²) >= 11 is 0. The lowest BCUT2D eigenvalue weighted by atomic mass is 9.97. The summed E-state index contributed by atoms with van der Waals surface area (Å²) in [6.07, 6.45) is 0. The number of furan rings is 1. The van der Waals surface area contributed by atoms with Crippen molar-refractivity contribution in [3.8, 4) is 39.1 Å². The number of hydrogen-bond donors (Lipinski definition) is 0. The number of aromatic nitrogens is 1. The van der Waals surface area contributed by atoms with Crippen LogP contribution in [0.4, 0.5) is 17.1 Å².